The van der Waals surface area contributed by atoms with Crippen molar-refractivity contribution < 1.29 is 14.3 Å². The summed E-state index contributed by atoms with van der Waals surface area (Å²) in [7, 11) is 1.90. The Bertz CT molecular complexity index is 782. The van der Waals surface area contributed by atoms with Gasteiger partial charge in [0.25, 0.3) is 0 Å². The highest BCUT2D eigenvalue weighted by atomic mass is 16.5. The van der Waals surface area contributed by atoms with E-state index in [1.165, 1.54) is 0 Å². The van der Waals surface area contributed by atoms with E-state index in [0.29, 0.717) is 6.61 Å². The predicted octanol–water partition coefficient (Wildman–Crippen LogP) is 3.47. The molecule has 1 aliphatic rings. The van der Waals surface area contributed by atoms with Crippen molar-refractivity contribution in [2.45, 2.75) is 52.4 Å². The van der Waals surface area contributed by atoms with Crippen molar-refractivity contribution in [3.8, 4) is 5.75 Å². The van der Waals surface area contributed by atoms with Gasteiger partial charge in [-0.3, -0.25) is 9.48 Å². The third kappa shape index (κ3) is 4.33. The van der Waals surface area contributed by atoms with Crippen LogP contribution in [0.5, 0.6) is 5.75 Å². The highest BCUT2D eigenvalue weighted by Crippen LogP contribution is 2.36. The van der Waals surface area contributed by atoms with Crippen LogP contribution in [0.4, 0.5) is 0 Å². The van der Waals surface area contributed by atoms with E-state index in [2.05, 4.69) is 10.4 Å². The first kappa shape index (κ1) is 19.4. The van der Waals surface area contributed by atoms with Gasteiger partial charge in [0.2, 0.25) is 5.91 Å². The quantitative estimate of drug-likeness (QED) is 0.844. The lowest BCUT2D eigenvalue weighted by Gasteiger charge is -2.21. The number of rotatable bonds is 6. The second kappa shape index (κ2) is 8.13. The Labute approximate surface area is 160 Å². The first-order valence-electron chi connectivity index (χ1n) is 9.54. The molecule has 0 spiro atoms. The maximum absolute atomic E-state index is 12.9. The van der Waals surface area contributed by atoms with Crippen LogP contribution in [0, 0.1) is 12.8 Å². The van der Waals surface area contributed by atoms with E-state index in [4.69, 9.17) is 9.47 Å². The number of ether oxygens (including phenoxy) is 2. The Morgan fingerprint density at radius 1 is 1.30 bits per heavy atom. The summed E-state index contributed by atoms with van der Waals surface area (Å²) in [5.41, 5.74) is 3.08. The maximum Gasteiger partial charge on any atom is 0.226 e. The fourth-order valence-electron chi connectivity index (χ4n) is 3.47. The zero-order valence-corrected chi connectivity index (χ0v) is 16.7. The van der Waals surface area contributed by atoms with E-state index in [1.54, 1.807) is 0 Å². The summed E-state index contributed by atoms with van der Waals surface area (Å²) < 4.78 is 13.4. The van der Waals surface area contributed by atoms with E-state index in [0.717, 1.165) is 29.0 Å². The van der Waals surface area contributed by atoms with E-state index in [1.807, 2.05) is 69.9 Å². The zero-order chi connectivity index (χ0) is 19.6. The van der Waals surface area contributed by atoms with Crippen molar-refractivity contribution in [1.82, 2.24) is 15.1 Å². The molecule has 1 amide bonds. The third-order valence-electron chi connectivity index (χ3n) is 5.12. The largest absolute Gasteiger partial charge is 0.491 e. The van der Waals surface area contributed by atoms with Crippen LogP contribution in [0.25, 0.3) is 0 Å². The second-order valence-electron chi connectivity index (χ2n) is 7.46. The van der Waals surface area contributed by atoms with Crippen molar-refractivity contribution in [3.63, 3.8) is 0 Å². The van der Waals surface area contributed by atoms with Gasteiger partial charge in [0.1, 0.15) is 5.75 Å². The first-order valence-corrected chi connectivity index (χ1v) is 9.54. The van der Waals surface area contributed by atoms with Gasteiger partial charge in [0, 0.05) is 24.9 Å². The third-order valence-corrected chi connectivity index (χ3v) is 5.12. The van der Waals surface area contributed by atoms with Gasteiger partial charge in [-0.1, -0.05) is 12.1 Å². The molecule has 6 heteroatoms. The molecule has 1 saturated heterocycles. The van der Waals surface area contributed by atoms with Gasteiger partial charge in [-0.15, -0.1) is 0 Å². The predicted molar refractivity (Wildman–Crippen MR) is 104 cm³/mol. The SMILES string of the molecule is Cc1c([C@H]2OCC[C@@H]2C(=O)NC(C)c2ccc(OC(C)C)cc2)cnn1C. The van der Waals surface area contributed by atoms with Gasteiger partial charge in [0.15, 0.2) is 0 Å². The minimum absolute atomic E-state index is 0.0239. The van der Waals surface area contributed by atoms with Crippen molar-refractivity contribution in [2.75, 3.05) is 6.61 Å². The van der Waals surface area contributed by atoms with Crippen LogP contribution in [0.3, 0.4) is 0 Å². The molecule has 2 heterocycles. The molecular formula is C21H29N3O3. The summed E-state index contributed by atoms with van der Waals surface area (Å²) in [4.78, 5) is 12.9. The van der Waals surface area contributed by atoms with Crippen LogP contribution in [-0.4, -0.2) is 28.4 Å². The number of aryl methyl sites for hydroxylation is 1. The van der Waals surface area contributed by atoms with Crippen LogP contribution in [-0.2, 0) is 16.6 Å². The van der Waals surface area contributed by atoms with E-state index in [-0.39, 0.29) is 30.1 Å². The van der Waals surface area contributed by atoms with Gasteiger partial charge in [-0.05, 0) is 51.8 Å². The Morgan fingerprint density at radius 2 is 2.00 bits per heavy atom. The number of carbonyl (C=O) groups excluding carboxylic acids is 1. The molecule has 1 aromatic carbocycles. The number of nitrogens with one attached hydrogen (secondary N) is 1. The minimum Gasteiger partial charge on any atom is -0.491 e. The smallest absolute Gasteiger partial charge is 0.226 e. The van der Waals surface area contributed by atoms with Crippen LogP contribution in [0.1, 0.15) is 56.2 Å². The summed E-state index contributed by atoms with van der Waals surface area (Å²) >= 11 is 0. The molecule has 3 atom stereocenters. The number of amides is 1. The lowest BCUT2D eigenvalue weighted by atomic mass is 9.94. The van der Waals surface area contributed by atoms with Gasteiger partial charge < -0.3 is 14.8 Å². The highest BCUT2D eigenvalue weighted by molar-refractivity contribution is 5.80. The summed E-state index contributed by atoms with van der Waals surface area (Å²) in [6.45, 7) is 8.59. The molecule has 1 unspecified atom stereocenters. The highest BCUT2D eigenvalue weighted by Gasteiger charge is 2.37. The molecule has 1 aromatic heterocycles. The molecule has 0 radical (unpaired) electrons. The summed E-state index contributed by atoms with van der Waals surface area (Å²) in [5.74, 6) is 0.665. The Balaban J connectivity index is 1.66. The average molecular weight is 371 g/mol. The Morgan fingerprint density at radius 3 is 2.59 bits per heavy atom. The van der Waals surface area contributed by atoms with E-state index in [9.17, 15) is 4.79 Å². The number of hydrogen-bond acceptors (Lipinski definition) is 4. The number of nitrogens with zero attached hydrogens (tertiary/aromatic N) is 2. The van der Waals surface area contributed by atoms with Crippen LogP contribution in [0.2, 0.25) is 0 Å². The number of benzene rings is 1. The van der Waals surface area contributed by atoms with Gasteiger partial charge in [-0.2, -0.15) is 5.10 Å². The van der Waals surface area contributed by atoms with Gasteiger partial charge in [-0.25, -0.2) is 0 Å². The number of aromatic nitrogens is 2. The molecule has 1 fully saturated rings. The zero-order valence-electron chi connectivity index (χ0n) is 16.7. The summed E-state index contributed by atoms with van der Waals surface area (Å²) in [5, 5.41) is 7.42. The second-order valence-corrected chi connectivity index (χ2v) is 7.46. The normalized spacial score (nSPS) is 20.7. The lowest BCUT2D eigenvalue weighted by Crippen LogP contribution is -2.34. The molecule has 0 bridgehead atoms. The molecule has 27 heavy (non-hydrogen) atoms. The average Bonchev–Trinajstić information content (AvgIpc) is 3.22. The summed E-state index contributed by atoms with van der Waals surface area (Å²) in [6, 6.07) is 7.80. The van der Waals surface area contributed by atoms with Crippen molar-refractivity contribution >= 4 is 5.91 Å². The number of carbonyl (C=O) groups is 1. The van der Waals surface area contributed by atoms with Crippen molar-refractivity contribution in [1.29, 1.82) is 0 Å². The maximum atomic E-state index is 12.9. The fourth-order valence-corrected chi connectivity index (χ4v) is 3.47. The van der Waals surface area contributed by atoms with E-state index < -0.39 is 0 Å². The monoisotopic (exact) mass is 371 g/mol. The molecule has 1 N–H and O–H groups in total. The fraction of sp³-hybridized carbons (Fsp3) is 0.524. The summed E-state index contributed by atoms with van der Waals surface area (Å²) in [6.07, 6.45) is 2.44. The molecule has 0 aliphatic carbocycles. The first-order chi connectivity index (χ1) is 12.9. The molecular weight excluding hydrogens is 342 g/mol. The van der Waals surface area contributed by atoms with Crippen LogP contribution < -0.4 is 10.1 Å². The standard InChI is InChI=1S/C21H29N3O3/c1-13(2)27-17-8-6-16(7-9-17)14(3)23-21(25)18-10-11-26-20(18)19-12-22-24(5)15(19)4/h6-9,12-14,18,20H,10-11H2,1-5H3,(H,23,25)/t14?,18-,20-/m0/s1. The van der Waals surface area contributed by atoms with Crippen molar-refractivity contribution in [3.05, 3.63) is 47.3 Å². The van der Waals surface area contributed by atoms with Gasteiger partial charge in [0.05, 0.1) is 30.4 Å². The molecule has 2 aromatic rings. The molecule has 3 rings (SSSR count). The molecule has 146 valence electrons. The molecule has 6 nitrogen and oxygen atoms in total. The lowest BCUT2D eigenvalue weighted by molar-refractivity contribution is -0.127. The Hall–Kier alpha value is -2.34. The van der Waals surface area contributed by atoms with Gasteiger partial charge >= 0.3 is 0 Å². The Kier molecular flexibility index (Phi) is 5.85. The minimum atomic E-state index is -0.229. The molecule has 0 saturated carbocycles. The van der Waals surface area contributed by atoms with Crippen LogP contribution in [0.15, 0.2) is 30.5 Å². The molecule has 1 aliphatic heterocycles. The van der Waals surface area contributed by atoms with Crippen molar-refractivity contribution in [2.24, 2.45) is 13.0 Å². The van der Waals surface area contributed by atoms with Crippen LogP contribution >= 0.6 is 0 Å². The topological polar surface area (TPSA) is 65.4 Å². The van der Waals surface area contributed by atoms with E-state index >= 15 is 0 Å². The number of hydrogen-bond donors (Lipinski definition) is 1.